The molecule has 2 aromatic carbocycles. The minimum Gasteiger partial charge on any atom is -0.494 e. The van der Waals surface area contributed by atoms with Gasteiger partial charge in [-0.1, -0.05) is 0 Å². The van der Waals surface area contributed by atoms with Crippen molar-refractivity contribution in [2.45, 2.75) is 33.2 Å². The summed E-state index contributed by atoms with van der Waals surface area (Å²) in [5.41, 5.74) is 3.27. The summed E-state index contributed by atoms with van der Waals surface area (Å²) in [5.74, 6) is -0.512. The molecule has 9 nitrogen and oxygen atoms in total. The van der Waals surface area contributed by atoms with E-state index in [1.165, 1.54) is 12.1 Å². The normalized spacial score (nSPS) is 15.0. The zero-order valence-corrected chi connectivity index (χ0v) is 16.4. The fourth-order valence-electron chi connectivity index (χ4n) is 3.07. The lowest BCUT2D eigenvalue weighted by Crippen LogP contribution is -2.41. The number of ether oxygens (including phenoxy) is 1. The van der Waals surface area contributed by atoms with E-state index in [0.717, 1.165) is 16.8 Å². The highest BCUT2D eigenvalue weighted by Gasteiger charge is 2.28. The molecule has 2 aromatic rings. The molecule has 0 aliphatic carbocycles. The van der Waals surface area contributed by atoms with E-state index in [9.17, 15) is 19.7 Å². The van der Waals surface area contributed by atoms with Crippen molar-refractivity contribution in [2.24, 2.45) is 0 Å². The molecule has 0 saturated heterocycles. The Labute approximate surface area is 167 Å². The maximum atomic E-state index is 12.5. The number of rotatable bonds is 6. The number of carbonyl (C=O) groups excluding carboxylic acids is 2. The second-order valence-corrected chi connectivity index (χ2v) is 6.79. The van der Waals surface area contributed by atoms with E-state index in [0.29, 0.717) is 18.0 Å². The van der Waals surface area contributed by atoms with E-state index < -0.39 is 16.9 Å². The molecule has 1 atom stereocenters. The van der Waals surface area contributed by atoms with Crippen molar-refractivity contribution in [3.05, 3.63) is 51.6 Å². The number of nitrogens with one attached hydrogen (secondary N) is 3. The van der Waals surface area contributed by atoms with Crippen molar-refractivity contribution in [3.8, 4) is 5.75 Å². The van der Waals surface area contributed by atoms with Gasteiger partial charge in [0.15, 0.2) is 0 Å². The first-order valence-corrected chi connectivity index (χ1v) is 9.18. The van der Waals surface area contributed by atoms with E-state index in [-0.39, 0.29) is 23.7 Å². The first-order valence-electron chi connectivity index (χ1n) is 9.18. The number of hydrogen-bond acceptors (Lipinski definition) is 6. The highest BCUT2D eigenvalue weighted by molar-refractivity contribution is 6.06. The van der Waals surface area contributed by atoms with Crippen LogP contribution in [-0.4, -0.2) is 29.4 Å². The monoisotopic (exact) mass is 398 g/mol. The molecule has 1 heterocycles. The predicted octanol–water partition coefficient (Wildman–Crippen LogP) is 3.37. The van der Waals surface area contributed by atoms with E-state index in [2.05, 4.69) is 16.0 Å². The number of hydrogen-bond donors (Lipinski definition) is 3. The minimum absolute atomic E-state index is 0.0477. The van der Waals surface area contributed by atoms with Crippen LogP contribution in [0.25, 0.3) is 0 Å². The number of anilines is 3. The van der Waals surface area contributed by atoms with Gasteiger partial charge in [-0.3, -0.25) is 19.7 Å². The van der Waals surface area contributed by atoms with E-state index in [1.54, 1.807) is 13.0 Å². The molecule has 3 rings (SSSR count). The van der Waals surface area contributed by atoms with Crippen molar-refractivity contribution < 1.29 is 19.2 Å². The van der Waals surface area contributed by atoms with Gasteiger partial charge in [-0.2, -0.15) is 0 Å². The van der Waals surface area contributed by atoms with Crippen LogP contribution >= 0.6 is 0 Å². The third-order valence-corrected chi connectivity index (χ3v) is 4.68. The molecule has 1 aliphatic rings. The number of aryl methyl sites for hydroxylation is 2. The fourth-order valence-corrected chi connectivity index (χ4v) is 3.07. The van der Waals surface area contributed by atoms with Crippen molar-refractivity contribution in [3.63, 3.8) is 0 Å². The quantitative estimate of drug-likeness (QED) is 0.506. The second-order valence-electron chi connectivity index (χ2n) is 6.79. The summed E-state index contributed by atoms with van der Waals surface area (Å²) in [6.07, 6.45) is -0.178. The summed E-state index contributed by atoms with van der Waals surface area (Å²) >= 11 is 0. The van der Waals surface area contributed by atoms with Crippen molar-refractivity contribution in [1.82, 2.24) is 0 Å². The molecule has 2 amide bonds. The zero-order valence-electron chi connectivity index (χ0n) is 16.4. The van der Waals surface area contributed by atoms with Gasteiger partial charge in [0.25, 0.3) is 5.69 Å². The number of nitro groups is 1. The Morgan fingerprint density at radius 3 is 2.55 bits per heavy atom. The van der Waals surface area contributed by atoms with Gasteiger partial charge < -0.3 is 20.7 Å². The SMILES string of the molecule is CCOc1ccc(NC(=O)C[C@@H]2Nc3cc(C)c(C)cc3NC2=O)c([N+](=O)[O-])c1. The molecule has 0 bridgehead atoms. The lowest BCUT2D eigenvalue weighted by Gasteiger charge is -2.27. The summed E-state index contributed by atoms with van der Waals surface area (Å²) in [6, 6.07) is 7.20. The third-order valence-electron chi connectivity index (χ3n) is 4.68. The summed E-state index contributed by atoms with van der Waals surface area (Å²) in [4.78, 5) is 35.5. The number of fused-ring (bicyclic) bond motifs is 1. The van der Waals surface area contributed by atoms with Crippen molar-refractivity contribution >= 4 is 34.6 Å². The Balaban J connectivity index is 1.73. The largest absolute Gasteiger partial charge is 0.494 e. The van der Waals surface area contributed by atoms with Gasteiger partial charge in [0, 0.05) is 0 Å². The fraction of sp³-hybridized carbons (Fsp3) is 0.300. The lowest BCUT2D eigenvalue weighted by atomic mass is 10.0. The highest BCUT2D eigenvalue weighted by Crippen LogP contribution is 2.32. The molecule has 1 aliphatic heterocycles. The van der Waals surface area contributed by atoms with Gasteiger partial charge >= 0.3 is 0 Å². The highest BCUT2D eigenvalue weighted by atomic mass is 16.6. The maximum absolute atomic E-state index is 12.5. The molecule has 0 unspecified atom stereocenters. The standard InChI is InChI=1S/C20H22N4O5/c1-4-29-13-5-6-14(18(9-13)24(27)28)22-19(25)10-17-20(26)23-16-8-12(3)11(2)7-15(16)21-17/h5-9,17,21H,4,10H2,1-3H3,(H,22,25)(H,23,26)/t17-/m0/s1. The maximum Gasteiger partial charge on any atom is 0.296 e. The molecule has 0 spiro atoms. The van der Waals surface area contributed by atoms with Crippen LogP contribution in [-0.2, 0) is 9.59 Å². The molecular weight excluding hydrogens is 376 g/mol. The number of benzene rings is 2. The molecular formula is C20H22N4O5. The third kappa shape index (κ3) is 4.45. The van der Waals surface area contributed by atoms with Gasteiger partial charge in [0.1, 0.15) is 17.5 Å². The lowest BCUT2D eigenvalue weighted by molar-refractivity contribution is -0.384. The van der Waals surface area contributed by atoms with Gasteiger partial charge in [-0.05, 0) is 56.2 Å². The average Bonchev–Trinajstić information content (AvgIpc) is 2.65. The first-order chi connectivity index (χ1) is 13.8. The van der Waals surface area contributed by atoms with Crippen LogP contribution in [0.3, 0.4) is 0 Å². The van der Waals surface area contributed by atoms with Crippen LogP contribution in [0.15, 0.2) is 30.3 Å². The van der Waals surface area contributed by atoms with Gasteiger partial charge in [-0.25, -0.2) is 0 Å². The Morgan fingerprint density at radius 1 is 1.21 bits per heavy atom. The van der Waals surface area contributed by atoms with Crippen LogP contribution in [0.5, 0.6) is 5.75 Å². The van der Waals surface area contributed by atoms with E-state index in [4.69, 9.17) is 4.74 Å². The number of amides is 2. The topological polar surface area (TPSA) is 123 Å². The van der Waals surface area contributed by atoms with Gasteiger partial charge in [-0.15, -0.1) is 0 Å². The van der Waals surface area contributed by atoms with Crippen molar-refractivity contribution in [1.29, 1.82) is 0 Å². The number of carbonyl (C=O) groups is 2. The number of nitrogens with zero attached hydrogens (tertiary/aromatic N) is 1. The van der Waals surface area contributed by atoms with Gasteiger partial charge in [0.05, 0.1) is 35.4 Å². The molecule has 0 radical (unpaired) electrons. The Hall–Kier alpha value is -3.62. The Bertz CT molecular complexity index is 989. The van der Waals surface area contributed by atoms with Crippen LogP contribution in [0.1, 0.15) is 24.5 Å². The summed E-state index contributed by atoms with van der Waals surface area (Å²) in [5, 5.41) is 19.7. The predicted molar refractivity (Wildman–Crippen MR) is 109 cm³/mol. The second kappa shape index (κ2) is 8.17. The molecule has 29 heavy (non-hydrogen) atoms. The summed E-state index contributed by atoms with van der Waals surface area (Å²) in [7, 11) is 0. The molecule has 3 N–H and O–H groups in total. The van der Waals surface area contributed by atoms with Crippen LogP contribution in [0.4, 0.5) is 22.7 Å². The molecule has 0 fully saturated rings. The molecule has 0 aromatic heterocycles. The van der Waals surface area contributed by atoms with Gasteiger partial charge in [0.2, 0.25) is 11.8 Å². The molecule has 9 heteroatoms. The van der Waals surface area contributed by atoms with Crippen LogP contribution in [0.2, 0.25) is 0 Å². The first kappa shape index (κ1) is 20.1. The molecule has 0 saturated carbocycles. The van der Waals surface area contributed by atoms with E-state index >= 15 is 0 Å². The summed E-state index contributed by atoms with van der Waals surface area (Å²) in [6.45, 7) is 6.04. The van der Waals surface area contributed by atoms with Crippen molar-refractivity contribution in [2.75, 3.05) is 22.6 Å². The molecule has 152 valence electrons. The smallest absolute Gasteiger partial charge is 0.296 e. The number of nitro benzene ring substituents is 1. The average molecular weight is 398 g/mol. The van der Waals surface area contributed by atoms with Crippen LogP contribution < -0.4 is 20.7 Å². The Morgan fingerprint density at radius 2 is 1.90 bits per heavy atom. The Kier molecular flexibility index (Phi) is 5.67. The minimum atomic E-state index is -0.786. The van der Waals surface area contributed by atoms with Crippen LogP contribution in [0, 0.1) is 24.0 Å². The summed E-state index contributed by atoms with van der Waals surface area (Å²) < 4.78 is 5.26. The van der Waals surface area contributed by atoms with E-state index in [1.807, 2.05) is 26.0 Å². The zero-order chi connectivity index (χ0) is 21.1.